The molecule has 4 rings (SSSR count). The number of aliphatic hydroxyl groups excluding tert-OH is 1. The SMILES string of the molecule is CC.O=C(NCC(O)CN(Cc1ccccc1)c1ccc(N2CCOCC2=O)cc1)c1ccc(Cl)s1. The van der Waals surface area contributed by atoms with E-state index in [-0.39, 0.29) is 25.0 Å². The third kappa shape index (κ3) is 7.80. The number of hydrogen-bond donors (Lipinski definition) is 2. The standard InChI is InChI=1S/C25H26ClN3O4S.C2H6/c26-23-11-10-22(34-23)25(32)27-14-21(30)16-28(15-18-4-2-1-3-5-18)19-6-8-20(9-7-19)29-12-13-33-17-24(29)31;1-2/h1-11,21,30H,12-17H2,(H,27,32);1-2H3. The van der Waals surface area contributed by atoms with Crippen LogP contribution in [0, 0.1) is 0 Å². The molecule has 2 aromatic carbocycles. The van der Waals surface area contributed by atoms with E-state index in [4.69, 9.17) is 16.3 Å². The fraction of sp³-hybridized carbons (Fsp3) is 0.333. The Kier molecular flexibility index (Phi) is 10.8. The number of benzene rings is 2. The molecule has 192 valence electrons. The Morgan fingerprint density at radius 3 is 2.50 bits per heavy atom. The quantitative estimate of drug-likeness (QED) is 0.424. The maximum absolute atomic E-state index is 12.3. The molecule has 1 aromatic heterocycles. The summed E-state index contributed by atoms with van der Waals surface area (Å²) in [5, 5.41) is 13.5. The molecule has 1 saturated heterocycles. The first-order chi connectivity index (χ1) is 17.5. The minimum absolute atomic E-state index is 0.0571. The van der Waals surface area contributed by atoms with Gasteiger partial charge in [-0.2, -0.15) is 0 Å². The average molecular weight is 530 g/mol. The van der Waals surface area contributed by atoms with Crippen LogP contribution < -0.4 is 15.1 Å². The summed E-state index contributed by atoms with van der Waals surface area (Å²) >= 11 is 7.10. The first kappa shape index (κ1) is 27.7. The summed E-state index contributed by atoms with van der Waals surface area (Å²) in [6, 6.07) is 21.0. The van der Waals surface area contributed by atoms with Crippen molar-refractivity contribution in [1.82, 2.24) is 5.32 Å². The van der Waals surface area contributed by atoms with Gasteiger partial charge in [0.15, 0.2) is 0 Å². The molecule has 1 aliphatic heterocycles. The molecule has 0 aliphatic carbocycles. The van der Waals surface area contributed by atoms with E-state index in [1.54, 1.807) is 17.0 Å². The second kappa shape index (κ2) is 14.0. The van der Waals surface area contributed by atoms with Gasteiger partial charge in [0.1, 0.15) is 6.61 Å². The zero-order valence-corrected chi connectivity index (χ0v) is 22.1. The van der Waals surface area contributed by atoms with Crippen LogP contribution in [-0.2, 0) is 16.1 Å². The fourth-order valence-electron chi connectivity index (χ4n) is 3.75. The van der Waals surface area contributed by atoms with Gasteiger partial charge in [0.2, 0.25) is 0 Å². The summed E-state index contributed by atoms with van der Waals surface area (Å²) in [6.07, 6.45) is -0.788. The van der Waals surface area contributed by atoms with Crippen molar-refractivity contribution in [1.29, 1.82) is 0 Å². The molecule has 1 atom stereocenters. The third-order valence-corrected chi connectivity index (χ3v) is 6.68. The number of halogens is 1. The number of ether oxygens (including phenoxy) is 1. The number of anilines is 2. The molecule has 2 N–H and O–H groups in total. The minimum atomic E-state index is -0.788. The third-order valence-electron chi connectivity index (χ3n) is 5.45. The predicted molar refractivity (Wildman–Crippen MR) is 146 cm³/mol. The summed E-state index contributed by atoms with van der Waals surface area (Å²) < 4.78 is 5.76. The number of nitrogens with one attached hydrogen (secondary N) is 1. The summed E-state index contributed by atoms with van der Waals surface area (Å²) in [6.45, 7) is 6.15. The number of rotatable bonds is 9. The molecule has 3 aromatic rings. The molecule has 0 saturated carbocycles. The lowest BCUT2D eigenvalue weighted by Gasteiger charge is -2.30. The van der Waals surface area contributed by atoms with Crippen LogP contribution in [0.5, 0.6) is 0 Å². The van der Waals surface area contributed by atoms with Crippen LogP contribution >= 0.6 is 22.9 Å². The van der Waals surface area contributed by atoms with Crippen LogP contribution in [0.15, 0.2) is 66.7 Å². The Bertz CT molecular complexity index is 1110. The Morgan fingerprint density at radius 2 is 1.86 bits per heavy atom. The maximum Gasteiger partial charge on any atom is 0.261 e. The van der Waals surface area contributed by atoms with Crippen LogP contribution in [0.4, 0.5) is 11.4 Å². The summed E-state index contributed by atoms with van der Waals surface area (Å²) in [5.74, 6) is -0.316. The molecular weight excluding hydrogens is 498 g/mol. The van der Waals surface area contributed by atoms with Gasteiger partial charge in [-0.15, -0.1) is 11.3 Å². The van der Waals surface area contributed by atoms with Crippen LogP contribution in [0.2, 0.25) is 4.34 Å². The first-order valence-corrected chi connectivity index (χ1v) is 13.2. The Hall–Kier alpha value is -2.91. The van der Waals surface area contributed by atoms with E-state index >= 15 is 0 Å². The molecule has 0 radical (unpaired) electrons. The van der Waals surface area contributed by atoms with Crippen LogP contribution in [0.1, 0.15) is 29.1 Å². The van der Waals surface area contributed by atoms with E-state index in [0.717, 1.165) is 16.9 Å². The Morgan fingerprint density at radius 1 is 1.14 bits per heavy atom. The van der Waals surface area contributed by atoms with Crippen molar-refractivity contribution in [2.24, 2.45) is 0 Å². The van der Waals surface area contributed by atoms with Crippen molar-refractivity contribution in [3.8, 4) is 0 Å². The molecule has 0 spiro atoms. The van der Waals surface area contributed by atoms with Gasteiger partial charge < -0.3 is 25.0 Å². The van der Waals surface area contributed by atoms with Crippen molar-refractivity contribution < 1.29 is 19.4 Å². The Balaban J connectivity index is 0.00000176. The van der Waals surface area contributed by atoms with E-state index in [1.807, 2.05) is 68.4 Å². The molecule has 9 heteroatoms. The lowest BCUT2D eigenvalue weighted by atomic mass is 10.1. The topological polar surface area (TPSA) is 82.1 Å². The zero-order valence-electron chi connectivity index (χ0n) is 20.5. The number of hydrogen-bond acceptors (Lipinski definition) is 6. The lowest BCUT2D eigenvalue weighted by molar-refractivity contribution is -0.125. The van der Waals surface area contributed by atoms with E-state index in [1.165, 1.54) is 11.3 Å². The van der Waals surface area contributed by atoms with Crippen LogP contribution in [0.3, 0.4) is 0 Å². The molecule has 2 amide bonds. The molecule has 2 heterocycles. The zero-order chi connectivity index (χ0) is 25.9. The van der Waals surface area contributed by atoms with Gasteiger partial charge >= 0.3 is 0 Å². The van der Waals surface area contributed by atoms with Crippen LogP contribution in [0.25, 0.3) is 0 Å². The lowest BCUT2D eigenvalue weighted by Crippen LogP contribution is -2.41. The van der Waals surface area contributed by atoms with Crippen molar-refractivity contribution in [3.63, 3.8) is 0 Å². The van der Waals surface area contributed by atoms with Gasteiger partial charge in [-0.05, 0) is 42.0 Å². The molecule has 36 heavy (non-hydrogen) atoms. The van der Waals surface area contributed by atoms with Gasteiger partial charge in [-0.1, -0.05) is 55.8 Å². The molecular formula is C27H32ClN3O4S. The number of carbonyl (C=O) groups is 2. The van der Waals surface area contributed by atoms with E-state index in [2.05, 4.69) is 10.2 Å². The number of carbonyl (C=O) groups excluding carboxylic acids is 2. The van der Waals surface area contributed by atoms with Gasteiger partial charge in [-0.3, -0.25) is 9.59 Å². The number of aliphatic hydroxyl groups is 1. The highest BCUT2D eigenvalue weighted by molar-refractivity contribution is 7.18. The maximum atomic E-state index is 12.3. The molecule has 1 unspecified atom stereocenters. The predicted octanol–water partition coefficient (Wildman–Crippen LogP) is 4.59. The molecule has 7 nitrogen and oxygen atoms in total. The largest absolute Gasteiger partial charge is 0.389 e. The number of nitrogens with zero attached hydrogens (tertiary/aromatic N) is 2. The Labute approximate surface area is 221 Å². The monoisotopic (exact) mass is 529 g/mol. The number of morpholine rings is 1. The van der Waals surface area contributed by atoms with Gasteiger partial charge in [0, 0.05) is 37.6 Å². The van der Waals surface area contributed by atoms with Crippen molar-refractivity contribution in [3.05, 3.63) is 81.5 Å². The summed E-state index contributed by atoms with van der Waals surface area (Å²) in [4.78, 5) is 28.7. The summed E-state index contributed by atoms with van der Waals surface area (Å²) in [5.41, 5.74) is 2.82. The second-order valence-corrected chi connectivity index (χ2v) is 9.66. The molecule has 0 bridgehead atoms. The first-order valence-electron chi connectivity index (χ1n) is 12.0. The highest BCUT2D eigenvalue weighted by Gasteiger charge is 2.21. The van der Waals surface area contributed by atoms with Crippen LogP contribution in [-0.4, -0.2) is 55.9 Å². The van der Waals surface area contributed by atoms with Gasteiger partial charge in [-0.25, -0.2) is 0 Å². The molecule has 1 fully saturated rings. The van der Waals surface area contributed by atoms with Crippen molar-refractivity contribution in [2.75, 3.05) is 42.6 Å². The van der Waals surface area contributed by atoms with E-state index < -0.39 is 6.10 Å². The minimum Gasteiger partial charge on any atom is -0.389 e. The smallest absolute Gasteiger partial charge is 0.261 e. The highest BCUT2D eigenvalue weighted by Crippen LogP contribution is 2.24. The van der Waals surface area contributed by atoms with Gasteiger partial charge in [0.05, 0.1) is 21.9 Å². The fourth-order valence-corrected chi connectivity index (χ4v) is 4.71. The van der Waals surface area contributed by atoms with Crippen molar-refractivity contribution >= 4 is 46.1 Å². The van der Waals surface area contributed by atoms with E-state index in [0.29, 0.717) is 35.5 Å². The average Bonchev–Trinajstić information content (AvgIpc) is 3.35. The summed E-state index contributed by atoms with van der Waals surface area (Å²) in [7, 11) is 0. The van der Waals surface area contributed by atoms with Gasteiger partial charge in [0.25, 0.3) is 11.8 Å². The number of amides is 2. The second-order valence-electron chi connectivity index (χ2n) is 7.95. The van der Waals surface area contributed by atoms with E-state index in [9.17, 15) is 14.7 Å². The number of thiophene rings is 1. The van der Waals surface area contributed by atoms with Crippen molar-refractivity contribution in [2.45, 2.75) is 26.5 Å². The highest BCUT2D eigenvalue weighted by atomic mass is 35.5. The molecule has 1 aliphatic rings. The normalized spacial score (nSPS) is 14.0.